The van der Waals surface area contributed by atoms with E-state index in [4.69, 9.17) is 4.98 Å². The van der Waals surface area contributed by atoms with E-state index < -0.39 is 0 Å². The van der Waals surface area contributed by atoms with Crippen LogP contribution in [0.4, 0.5) is 0 Å². The van der Waals surface area contributed by atoms with Crippen LogP contribution in [0.2, 0.25) is 0 Å². The Balaban J connectivity index is 1.50. The second-order valence-corrected chi connectivity index (χ2v) is 7.67. The van der Waals surface area contributed by atoms with Crippen molar-refractivity contribution in [2.75, 3.05) is 13.1 Å². The van der Waals surface area contributed by atoms with Gasteiger partial charge in [0.05, 0.1) is 5.69 Å². The first-order chi connectivity index (χ1) is 10.2. The average Bonchev–Trinajstić information content (AvgIpc) is 3.05. The largest absolute Gasteiger partial charge is 0.308 e. The Bertz CT molecular complexity index is 582. The molecule has 0 bridgehead atoms. The van der Waals surface area contributed by atoms with E-state index in [9.17, 15) is 0 Å². The lowest BCUT2D eigenvalue weighted by atomic mass is 9.79. The summed E-state index contributed by atoms with van der Waals surface area (Å²) in [5, 5.41) is 5.95. The molecule has 1 saturated carbocycles. The molecule has 21 heavy (non-hydrogen) atoms. The van der Waals surface area contributed by atoms with Crippen molar-refractivity contribution in [3.05, 3.63) is 23.5 Å². The van der Waals surface area contributed by atoms with Crippen LogP contribution in [-0.4, -0.2) is 39.0 Å². The predicted molar refractivity (Wildman–Crippen MR) is 86.8 cm³/mol. The van der Waals surface area contributed by atoms with Crippen LogP contribution in [0, 0.1) is 0 Å². The lowest BCUT2D eigenvalue weighted by Gasteiger charge is -2.48. The SMILES string of the molecule is CC1CNC2(CCCCC2)CN1Cc1cn2ccsc2n1. The molecule has 114 valence electrons. The third-order valence-corrected chi connectivity index (χ3v) is 5.99. The van der Waals surface area contributed by atoms with Crippen LogP contribution in [0.15, 0.2) is 17.8 Å². The van der Waals surface area contributed by atoms with Crippen LogP contribution in [0.5, 0.6) is 0 Å². The molecule has 5 heteroatoms. The Kier molecular flexibility index (Phi) is 3.52. The van der Waals surface area contributed by atoms with Gasteiger partial charge in [-0.1, -0.05) is 19.3 Å². The molecule has 3 heterocycles. The highest BCUT2D eigenvalue weighted by Gasteiger charge is 2.38. The van der Waals surface area contributed by atoms with Crippen LogP contribution in [0.1, 0.15) is 44.7 Å². The van der Waals surface area contributed by atoms with Gasteiger partial charge in [0.25, 0.3) is 0 Å². The van der Waals surface area contributed by atoms with Crippen molar-refractivity contribution in [3.8, 4) is 0 Å². The quantitative estimate of drug-likeness (QED) is 0.926. The van der Waals surface area contributed by atoms with E-state index in [1.165, 1.54) is 44.3 Å². The summed E-state index contributed by atoms with van der Waals surface area (Å²) in [5.41, 5.74) is 1.59. The van der Waals surface area contributed by atoms with Crippen LogP contribution in [0.3, 0.4) is 0 Å². The Morgan fingerprint density at radius 1 is 1.38 bits per heavy atom. The maximum absolute atomic E-state index is 4.75. The van der Waals surface area contributed by atoms with Gasteiger partial charge in [0.2, 0.25) is 0 Å². The molecular weight excluding hydrogens is 280 g/mol. The van der Waals surface area contributed by atoms with E-state index in [1.807, 2.05) is 0 Å². The van der Waals surface area contributed by atoms with Gasteiger partial charge in [-0.15, -0.1) is 11.3 Å². The highest BCUT2D eigenvalue weighted by molar-refractivity contribution is 7.15. The van der Waals surface area contributed by atoms with Crippen molar-refractivity contribution >= 4 is 16.3 Å². The number of hydrogen-bond acceptors (Lipinski definition) is 4. The molecule has 1 aliphatic heterocycles. The van der Waals surface area contributed by atoms with E-state index >= 15 is 0 Å². The standard InChI is InChI=1S/C16H24N4S/c1-13-9-17-16(5-3-2-4-6-16)12-20(13)11-14-10-19-7-8-21-15(19)18-14/h7-8,10,13,17H,2-6,9,11-12H2,1H3. The average molecular weight is 304 g/mol. The van der Waals surface area contributed by atoms with E-state index in [2.05, 4.69) is 39.3 Å². The summed E-state index contributed by atoms with van der Waals surface area (Å²) in [7, 11) is 0. The van der Waals surface area contributed by atoms with E-state index in [1.54, 1.807) is 11.3 Å². The van der Waals surface area contributed by atoms with Crippen molar-refractivity contribution in [3.63, 3.8) is 0 Å². The molecule has 2 aromatic rings. The van der Waals surface area contributed by atoms with Gasteiger partial charge in [0.1, 0.15) is 0 Å². The molecule has 4 nitrogen and oxygen atoms in total. The molecule has 1 unspecified atom stereocenters. The Morgan fingerprint density at radius 2 is 2.24 bits per heavy atom. The van der Waals surface area contributed by atoms with Gasteiger partial charge < -0.3 is 5.32 Å². The molecule has 2 aliphatic rings. The van der Waals surface area contributed by atoms with E-state index in [0.29, 0.717) is 11.6 Å². The summed E-state index contributed by atoms with van der Waals surface area (Å²) in [6.45, 7) is 5.61. The minimum atomic E-state index is 0.377. The zero-order valence-electron chi connectivity index (χ0n) is 12.7. The monoisotopic (exact) mass is 304 g/mol. The van der Waals surface area contributed by atoms with Crippen LogP contribution >= 0.6 is 11.3 Å². The second-order valence-electron chi connectivity index (χ2n) is 6.80. The Hall–Kier alpha value is -0.910. The van der Waals surface area contributed by atoms with Gasteiger partial charge in [-0.05, 0) is 19.8 Å². The van der Waals surface area contributed by atoms with Gasteiger partial charge in [-0.25, -0.2) is 4.98 Å². The molecule has 1 spiro atoms. The maximum atomic E-state index is 4.75. The molecule has 1 N–H and O–H groups in total. The molecule has 0 amide bonds. The second kappa shape index (κ2) is 5.38. The predicted octanol–water partition coefficient (Wildman–Crippen LogP) is 2.89. The fourth-order valence-electron chi connectivity index (χ4n) is 3.93. The minimum absolute atomic E-state index is 0.377. The number of piperazine rings is 1. The molecule has 2 fully saturated rings. The third kappa shape index (κ3) is 2.62. The fourth-order valence-corrected chi connectivity index (χ4v) is 4.65. The molecule has 0 radical (unpaired) electrons. The number of imidazole rings is 1. The Morgan fingerprint density at radius 3 is 3.05 bits per heavy atom. The van der Waals surface area contributed by atoms with Gasteiger partial charge in [-0.2, -0.15) is 0 Å². The van der Waals surface area contributed by atoms with Crippen molar-refractivity contribution in [1.82, 2.24) is 19.6 Å². The first-order valence-corrected chi connectivity index (χ1v) is 9.02. The van der Waals surface area contributed by atoms with Gasteiger partial charge >= 0.3 is 0 Å². The number of thiazole rings is 1. The first kappa shape index (κ1) is 13.7. The smallest absolute Gasteiger partial charge is 0.193 e. The number of aromatic nitrogens is 2. The molecule has 4 rings (SSSR count). The highest BCUT2D eigenvalue weighted by Crippen LogP contribution is 2.32. The van der Waals surface area contributed by atoms with Crippen molar-refractivity contribution in [2.24, 2.45) is 0 Å². The van der Waals surface area contributed by atoms with Crippen molar-refractivity contribution in [2.45, 2.75) is 57.2 Å². The highest BCUT2D eigenvalue weighted by atomic mass is 32.1. The lowest BCUT2D eigenvalue weighted by Crippen LogP contribution is -2.63. The van der Waals surface area contributed by atoms with Crippen LogP contribution in [0.25, 0.3) is 4.96 Å². The van der Waals surface area contributed by atoms with Gasteiger partial charge in [-0.3, -0.25) is 9.30 Å². The number of fused-ring (bicyclic) bond motifs is 1. The molecule has 1 atom stereocenters. The lowest BCUT2D eigenvalue weighted by molar-refractivity contribution is 0.0565. The van der Waals surface area contributed by atoms with Crippen LogP contribution in [-0.2, 0) is 6.54 Å². The summed E-state index contributed by atoms with van der Waals surface area (Å²) in [6, 6.07) is 0.595. The topological polar surface area (TPSA) is 32.6 Å². The van der Waals surface area contributed by atoms with Gasteiger partial charge in [0.15, 0.2) is 4.96 Å². The fraction of sp³-hybridized carbons (Fsp3) is 0.688. The molecule has 2 aromatic heterocycles. The van der Waals surface area contributed by atoms with Crippen molar-refractivity contribution in [1.29, 1.82) is 0 Å². The zero-order valence-corrected chi connectivity index (χ0v) is 13.5. The van der Waals surface area contributed by atoms with Gasteiger partial charge in [0, 0.05) is 49.0 Å². The summed E-state index contributed by atoms with van der Waals surface area (Å²) in [6.07, 6.45) is 11.2. The van der Waals surface area contributed by atoms with E-state index in [0.717, 1.165) is 18.1 Å². The Labute approximate surface area is 130 Å². The van der Waals surface area contributed by atoms with Crippen molar-refractivity contribution < 1.29 is 0 Å². The summed E-state index contributed by atoms with van der Waals surface area (Å²) >= 11 is 1.71. The minimum Gasteiger partial charge on any atom is -0.308 e. The molecular formula is C16H24N4S. The summed E-state index contributed by atoms with van der Waals surface area (Å²) in [5.74, 6) is 0. The zero-order chi connectivity index (χ0) is 14.3. The maximum Gasteiger partial charge on any atom is 0.193 e. The number of nitrogens with zero attached hydrogens (tertiary/aromatic N) is 3. The first-order valence-electron chi connectivity index (χ1n) is 8.14. The molecule has 0 aromatic carbocycles. The normalized spacial score (nSPS) is 26.6. The van der Waals surface area contributed by atoms with Crippen LogP contribution < -0.4 is 5.32 Å². The summed E-state index contributed by atoms with van der Waals surface area (Å²) in [4.78, 5) is 8.50. The summed E-state index contributed by atoms with van der Waals surface area (Å²) < 4.78 is 2.14. The number of hydrogen-bond donors (Lipinski definition) is 1. The molecule has 1 saturated heterocycles. The number of nitrogens with one attached hydrogen (secondary N) is 1. The van der Waals surface area contributed by atoms with E-state index in [-0.39, 0.29) is 0 Å². The third-order valence-electron chi connectivity index (χ3n) is 5.22. The molecule has 1 aliphatic carbocycles. The number of rotatable bonds is 2.